The molecule has 334 valence electrons. The highest BCUT2D eigenvalue weighted by atomic mass is 15.2. The van der Waals surface area contributed by atoms with Crippen molar-refractivity contribution in [3.63, 3.8) is 0 Å². The zero-order chi connectivity index (χ0) is 46.5. The van der Waals surface area contributed by atoms with Gasteiger partial charge in [-0.05, 0) is 138 Å². The Kier molecular flexibility index (Phi) is 13.0. The predicted octanol–water partition coefficient (Wildman–Crippen LogP) is 18.1. The third-order valence-electron chi connectivity index (χ3n) is 14.2. The van der Waals surface area contributed by atoms with Gasteiger partial charge in [0.05, 0.1) is 11.6 Å². The lowest BCUT2D eigenvalue weighted by molar-refractivity contribution is 0.381. The van der Waals surface area contributed by atoms with Gasteiger partial charge in [-0.1, -0.05) is 215 Å². The monoisotopic (exact) mass is 873 g/mol. The van der Waals surface area contributed by atoms with Gasteiger partial charge >= 0.3 is 0 Å². The lowest BCUT2D eigenvalue weighted by Crippen LogP contribution is -2.43. The first kappa shape index (κ1) is 45.0. The van der Waals surface area contributed by atoms with Crippen molar-refractivity contribution in [1.82, 2.24) is 0 Å². The van der Waals surface area contributed by atoms with Crippen molar-refractivity contribution < 1.29 is 0 Å². The van der Waals surface area contributed by atoms with E-state index in [0.29, 0.717) is 0 Å². The first-order chi connectivity index (χ1) is 32.6. The normalized spacial score (nSPS) is 14.1. The van der Waals surface area contributed by atoms with E-state index in [0.717, 1.165) is 19.3 Å². The Hall–Kier alpha value is -7.16. The molecule has 2 atom stereocenters. The van der Waals surface area contributed by atoms with Crippen molar-refractivity contribution in [2.24, 2.45) is 0 Å². The van der Waals surface area contributed by atoms with E-state index in [1.807, 2.05) is 0 Å². The number of aryl methyl sites for hydroxylation is 2. The zero-order valence-electron chi connectivity index (χ0n) is 40.4. The van der Waals surface area contributed by atoms with Crippen LogP contribution in [0, 0.1) is 13.8 Å². The van der Waals surface area contributed by atoms with Crippen molar-refractivity contribution >= 4 is 47.1 Å². The first-order valence-corrected chi connectivity index (χ1v) is 24.3. The molecule has 0 heterocycles. The third-order valence-corrected chi connectivity index (χ3v) is 14.2. The standard InChI is InChI=1S/C65H64N2/c1-8-44-65(9-2,67(58-36-22-48(4)23-37-58)59-40-30-53(31-41-59)27-25-51-18-14-11-15-19-51)55-33-43-61-60-42-32-54(45-62(60)64(6,7)63(61)46-55)49(5)66(56-34-20-47(3)21-35-56)57-38-28-52(29-39-57)26-24-50-16-12-10-13-17-50/h10-43,45-46,49H,8-9,44H2,1-7H3/b26-24+,27-25+. The summed E-state index contributed by atoms with van der Waals surface area (Å²) in [6, 6.07) is 72.1. The van der Waals surface area contributed by atoms with Crippen molar-refractivity contribution in [3.8, 4) is 11.1 Å². The molecule has 8 aromatic rings. The lowest BCUT2D eigenvalue weighted by Gasteiger charge is -2.46. The van der Waals surface area contributed by atoms with E-state index >= 15 is 0 Å². The van der Waals surface area contributed by atoms with Crippen LogP contribution < -0.4 is 9.80 Å². The molecule has 1 aliphatic carbocycles. The summed E-state index contributed by atoms with van der Waals surface area (Å²) >= 11 is 0. The van der Waals surface area contributed by atoms with Gasteiger partial charge in [-0.2, -0.15) is 0 Å². The topological polar surface area (TPSA) is 6.48 Å². The first-order valence-electron chi connectivity index (χ1n) is 24.3. The molecule has 67 heavy (non-hydrogen) atoms. The molecule has 9 rings (SSSR count). The van der Waals surface area contributed by atoms with E-state index < -0.39 is 0 Å². The lowest BCUT2D eigenvalue weighted by atomic mass is 9.76. The van der Waals surface area contributed by atoms with Crippen molar-refractivity contribution in [2.45, 2.75) is 84.7 Å². The van der Waals surface area contributed by atoms with E-state index in [2.05, 4.69) is 277 Å². The van der Waals surface area contributed by atoms with Gasteiger partial charge in [0.1, 0.15) is 0 Å². The molecule has 2 nitrogen and oxygen atoms in total. The molecule has 0 fully saturated rings. The number of nitrogens with zero attached hydrogens (tertiary/aromatic N) is 2. The summed E-state index contributed by atoms with van der Waals surface area (Å²) in [5.41, 5.74) is 19.7. The Morgan fingerprint density at radius 2 is 0.896 bits per heavy atom. The minimum atomic E-state index is -0.285. The van der Waals surface area contributed by atoms with Crippen LogP contribution in [0.25, 0.3) is 35.4 Å². The van der Waals surface area contributed by atoms with Crippen LogP contribution in [-0.4, -0.2) is 0 Å². The molecule has 0 saturated heterocycles. The second-order valence-electron chi connectivity index (χ2n) is 19.0. The Balaban J connectivity index is 1.07. The van der Waals surface area contributed by atoms with E-state index in [1.165, 1.54) is 89.5 Å². The molecule has 0 bridgehead atoms. The second-order valence-corrected chi connectivity index (χ2v) is 19.0. The average Bonchev–Trinajstić information content (AvgIpc) is 3.59. The van der Waals surface area contributed by atoms with Crippen molar-refractivity contribution in [2.75, 3.05) is 9.80 Å². The van der Waals surface area contributed by atoms with Crippen LogP contribution in [0.3, 0.4) is 0 Å². The summed E-state index contributed by atoms with van der Waals surface area (Å²) in [6.07, 6.45) is 11.8. The van der Waals surface area contributed by atoms with Gasteiger partial charge in [0.25, 0.3) is 0 Å². The molecule has 2 heteroatoms. The summed E-state index contributed by atoms with van der Waals surface area (Å²) in [7, 11) is 0. The zero-order valence-corrected chi connectivity index (χ0v) is 40.4. The predicted molar refractivity (Wildman–Crippen MR) is 290 cm³/mol. The van der Waals surface area contributed by atoms with Crippen LogP contribution in [0.1, 0.15) is 116 Å². The average molecular weight is 873 g/mol. The van der Waals surface area contributed by atoms with Gasteiger partial charge in [0, 0.05) is 28.2 Å². The van der Waals surface area contributed by atoms with E-state index in [4.69, 9.17) is 0 Å². The largest absolute Gasteiger partial charge is 0.334 e. The minimum Gasteiger partial charge on any atom is -0.334 e. The van der Waals surface area contributed by atoms with Crippen LogP contribution in [0.2, 0.25) is 0 Å². The van der Waals surface area contributed by atoms with Gasteiger partial charge < -0.3 is 9.80 Å². The maximum absolute atomic E-state index is 2.64. The van der Waals surface area contributed by atoms with Gasteiger partial charge in [-0.3, -0.25) is 0 Å². The second kappa shape index (κ2) is 19.4. The van der Waals surface area contributed by atoms with E-state index in [9.17, 15) is 0 Å². The molecule has 0 N–H and O–H groups in total. The molecule has 0 saturated carbocycles. The highest BCUT2D eigenvalue weighted by Gasteiger charge is 2.42. The SMILES string of the molecule is CCCC(CC)(c1ccc2c(c1)C(C)(C)c1cc(C(C)N(c3ccc(C)cc3)c3ccc(/C=C/c4ccccc4)cc3)ccc1-2)N(c1ccc(C)cc1)c1ccc(/C=C/c2ccccc2)cc1. The summed E-state index contributed by atoms with van der Waals surface area (Å²) in [4.78, 5) is 5.13. The van der Waals surface area contributed by atoms with Crippen LogP contribution in [-0.2, 0) is 11.0 Å². The van der Waals surface area contributed by atoms with Gasteiger partial charge in [0.2, 0.25) is 0 Å². The van der Waals surface area contributed by atoms with Crippen molar-refractivity contribution in [1.29, 1.82) is 0 Å². The molecule has 0 spiro atoms. The van der Waals surface area contributed by atoms with Crippen LogP contribution >= 0.6 is 0 Å². The fourth-order valence-electron chi connectivity index (χ4n) is 10.4. The van der Waals surface area contributed by atoms with Crippen LogP contribution in [0.15, 0.2) is 194 Å². The van der Waals surface area contributed by atoms with Gasteiger partial charge in [-0.25, -0.2) is 0 Å². The smallest absolute Gasteiger partial charge is 0.0699 e. The summed E-state index contributed by atoms with van der Waals surface area (Å²) in [6.45, 7) is 16.3. The fourth-order valence-corrected chi connectivity index (χ4v) is 10.4. The Morgan fingerprint density at radius 1 is 0.478 bits per heavy atom. The van der Waals surface area contributed by atoms with Crippen LogP contribution in [0.4, 0.5) is 22.7 Å². The number of anilines is 4. The molecular formula is C65H64N2. The summed E-state index contributed by atoms with van der Waals surface area (Å²) < 4.78 is 0. The molecule has 0 amide bonds. The molecule has 8 aromatic carbocycles. The molecular weight excluding hydrogens is 809 g/mol. The minimum absolute atomic E-state index is 0.0781. The highest BCUT2D eigenvalue weighted by Crippen LogP contribution is 2.53. The molecule has 0 aromatic heterocycles. The highest BCUT2D eigenvalue weighted by molar-refractivity contribution is 5.83. The number of benzene rings is 8. The molecule has 2 unspecified atom stereocenters. The summed E-state index contributed by atoms with van der Waals surface area (Å²) in [5, 5.41) is 0. The summed E-state index contributed by atoms with van der Waals surface area (Å²) in [5.74, 6) is 0. The molecule has 0 aliphatic heterocycles. The molecule has 1 aliphatic rings. The Labute approximate surface area is 400 Å². The molecule has 0 radical (unpaired) electrons. The van der Waals surface area contributed by atoms with Gasteiger partial charge in [0.15, 0.2) is 0 Å². The number of fused-ring (bicyclic) bond motifs is 3. The van der Waals surface area contributed by atoms with E-state index in [-0.39, 0.29) is 17.0 Å². The third kappa shape index (κ3) is 9.19. The Morgan fingerprint density at radius 3 is 1.37 bits per heavy atom. The Bertz CT molecular complexity index is 2980. The number of hydrogen-bond acceptors (Lipinski definition) is 2. The van der Waals surface area contributed by atoms with Crippen molar-refractivity contribution in [3.05, 3.63) is 250 Å². The fraction of sp³-hybridized carbons (Fsp3) is 0.200. The maximum atomic E-state index is 2.64. The van der Waals surface area contributed by atoms with Gasteiger partial charge in [-0.15, -0.1) is 0 Å². The maximum Gasteiger partial charge on any atom is 0.0699 e. The van der Waals surface area contributed by atoms with Crippen LogP contribution in [0.5, 0.6) is 0 Å². The number of hydrogen-bond donors (Lipinski definition) is 0. The number of rotatable bonds is 15. The quantitative estimate of drug-likeness (QED) is 0.0947. The van der Waals surface area contributed by atoms with E-state index in [1.54, 1.807) is 0 Å².